The first-order valence-electron chi connectivity index (χ1n) is 7.98. The molecule has 0 bridgehead atoms. The van der Waals surface area contributed by atoms with E-state index in [2.05, 4.69) is 10.4 Å². The number of amides is 1. The summed E-state index contributed by atoms with van der Waals surface area (Å²) in [5.74, 6) is -0.320. The normalized spacial score (nSPS) is 10.8. The molecule has 0 saturated carbocycles. The van der Waals surface area contributed by atoms with E-state index in [1.165, 1.54) is 4.68 Å². The molecule has 0 spiro atoms. The van der Waals surface area contributed by atoms with Gasteiger partial charge in [0, 0.05) is 17.6 Å². The average Bonchev–Trinajstić information content (AvgIpc) is 2.59. The number of carbonyl (C=O) groups excluding carboxylic acids is 1. The van der Waals surface area contributed by atoms with Crippen LogP contribution in [-0.4, -0.2) is 15.7 Å². The van der Waals surface area contributed by atoms with Crippen molar-refractivity contribution in [1.29, 1.82) is 0 Å². The van der Waals surface area contributed by atoms with Gasteiger partial charge in [-0.25, -0.2) is 4.68 Å². The highest BCUT2D eigenvalue weighted by Crippen LogP contribution is 2.16. The Morgan fingerprint density at radius 3 is 2.42 bits per heavy atom. The Morgan fingerprint density at radius 2 is 1.75 bits per heavy atom. The third-order valence-corrected chi connectivity index (χ3v) is 3.83. The largest absolute Gasteiger partial charge is 0.321 e. The molecule has 0 aliphatic heterocycles. The number of hydrogen-bond acceptors (Lipinski definition) is 3. The summed E-state index contributed by atoms with van der Waals surface area (Å²) < 4.78 is 1.37. The van der Waals surface area contributed by atoms with Crippen LogP contribution in [0, 0.1) is 6.92 Å². The van der Waals surface area contributed by atoms with Crippen LogP contribution in [0.1, 0.15) is 29.4 Å². The van der Waals surface area contributed by atoms with Gasteiger partial charge in [-0.2, -0.15) is 5.10 Å². The SMILES string of the molecule is CCCn1nc(C(=O)Nc2ccc(C)cc2)c2ccccc2c1=O. The first kappa shape index (κ1) is 15.9. The van der Waals surface area contributed by atoms with E-state index < -0.39 is 0 Å². The van der Waals surface area contributed by atoms with Crippen molar-refractivity contribution in [2.75, 3.05) is 5.32 Å². The fourth-order valence-electron chi connectivity index (χ4n) is 2.59. The zero-order chi connectivity index (χ0) is 17.1. The van der Waals surface area contributed by atoms with Gasteiger partial charge in [0.05, 0.1) is 5.39 Å². The molecule has 0 saturated heterocycles. The van der Waals surface area contributed by atoms with Crippen molar-refractivity contribution >= 4 is 22.4 Å². The molecule has 1 heterocycles. The lowest BCUT2D eigenvalue weighted by Gasteiger charge is -2.11. The van der Waals surface area contributed by atoms with E-state index in [-0.39, 0.29) is 17.2 Å². The van der Waals surface area contributed by atoms with Gasteiger partial charge >= 0.3 is 0 Å². The highest BCUT2D eigenvalue weighted by Gasteiger charge is 2.16. The number of aromatic nitrogens is 2. The number of rotatable bonds is 4. The monoisotopic (exact) mass is 321 g/mol. The molecule has 1 aromatic heterocycles. The molecule has 0 radical (unpaired) electrons. The zero-order valence-electron chi connectivity index (χ0n) is 13.7. The van der Waals surface area contributed by atoms with E-state index in [0.717, 1.165) is 12.0 Å². The lowest BCUT2D eigenvalue weighted by Crippen LogP contribution is -2.27. The second-order valence-electron chi connectivity index (χ2n) is 5.74. The molecular weight excluding hydrogens is 302 g/mol. The predicted octanol–water partition coefficient (Wildman–Crippen LogP) is 3.37. The van der Waals surface area contributed by atoms with Crippen LogP contribution >= 0.6 is 0 Å². The van der Waals surface area contributed by atoms with Gasteiger partial charge in [0.15, 0.2) is 5.69 Å². The Bertz CT molecular complexity index is 943. The standard InChI is InChI=1S/C19H19N3O2/c1-3-12-22-19(24)16-7-5-4-6-15(16)17(21-22)18(23)20-14-10-8-13(2)9-11-14/h4-11H,3,12H2,1-2H3,(H,20,23). The first-order chi connectivity index (χ1) is 11.6. The molecule has 0 fully saturated rings. The van der Waals surface area contributed by atoms with Gasteiger partial charge in [-0.3, -0.25) is 9.59 Å². The molecule has 1 N–H and O–H groups in total. The lowest BCUT2D eigenvalue weighted by atomic mass is 10.1. The summed E-state index contributed by atoms with van der Waals surface area (Å²) in [6.45, 7) is 4.44. The third-order valence-electron chi connectivity index (χ3n) is 3.83. The highest BCUT2D eigenvalue weighted by molar-refractivity contribution is 6.11. The number of anilines is 1. The minimum atomic E-state index is -0.320. The average molecular weight is 321 g/mol. The second kappa shape index (κ2) is 6.66. The second-order valence-corrected chi connectivity index (χ2v) is 5.74. The maximum atomic E-state index is 12.7. The number of benzene rings is 2. The van der Waals surface area contributed by atoms with Gasteiger partial charge in [-0.15, -0.1) is 0 Å². The van der Waals surface area contributed by atoms with Crippen LogP contribution in [0.15, 0.2) is 53.3 Å². The van der Waals surface area contributed by atoms with Crippen molar-refractivity contribution in [2.45, 2.75) is 26.8 Å². The molecule has 3 aromatic rings. The van der Waals surface area contributed by atoms with Crippen LogP contribution in [0.3, 0.4) is 0 Å². The molecule has 122 valence electrons. The molecule has 5 heteroatoms. The quantitative estimate of drug-likeness (QED) is 0.801. The molecule has 0 unspecified atom stereocenters. The van der Waals surface area contributed by atoms with Crippen LogP contribution in [0.25, 0.3) is 10.8 Å². The molecule has 0 aliphatic carbocycles. The Labute approximate surface area is 139 Å². The van der Waals surface area contributed by atoms with E-state index in [4.69, 9.17) is 0 Å². The summed E-state index contributed by atoms with van der Waals surface area (Å²) in [6, 6.07) is 14.6. The highest BCUT2D eigenvalue weighted by atomic mass is 16.2. The molecule has 0 atom stereocenters. The number of nitrogens with one attached hydrogen (secondary N) is 1. The first-order valence-corrected chi connectivity index (χ1v) is 7.98. The maximum Gasteiger partial charge on any atom is 0.276 e. The van der Waals surface area contributed by atoms with Crippen molar-refractivity contribution in [2.24, 2.45) is 0 Å². The number of fused-ring (bicyclic) bond motifs is 1. The fraction of sp³-hybridized carbons (Fsp3) is 0.211. The topological polar surface area (TPSA) is 64.0 Å². The molecule has 24 heavy (non-hydrogen) atoms. The number of carbonyl (C=O) groups is 1. The van der Waals surface area contributed by atoms with Crippen molar-refractivity contribution in [3.63, 3.8) is 0 Å². The fourth-order valence-corrected chi connectivity index (χ4v) is 2.59. The smallest absolute Gasteiger partial charge is 0.276 e. The van der Waals surface area contributed by atoms with E-state index in [0.29, 0.717) is 23.0 Å². The van der Waals surface area contributed by atoms with Crippen LogP contribution in [0.2, 0.25) is 0 Å². The zero-order valence-corrected chi connectivity index (χ0v) is 13.7. The summed E-state index contributed by atoms with van der Waals surface area (Å²) in [7, 11) is 0. The van der Waals surface area contributed by atoms with Gasteiger partial charge in [0.25, 0.3) is 11.5 Å². The molecule has 5 nitrogen and oxygen atoms in total. The Morgan fingerprint density at radius 1 is 1.08 bits per heavy atom. The number of nitrogens with zero attached hydrogens (tertiary/aromatic N) is 2. The van der Waals surface area contributed by atoms with Crippen molar-refractivity contribution in [3.05, 3.63) is 70.1 Å². The molecule has 3 rings (SSSR count). The summed E-state index contributed by atoms with van der Waals surface area (Å²) in [4.78, 5) is 25.1. The predicted molar refractivity (Wildman–Crippen MR) is 95.4 cm³/mol. The van der Waals surface area contributed by atoms with Crippen LogP contribution in [0.5, 0.6) is 0 Å². The minimum absolute atomic E-state index is 0.167. The Kier molecular flexibility index (Phi) is 4.42. The minimum Gasteiger partial charge on any atom is -0.321 e. The van der Waals surface area contributed by atoms with Crippen molar-refractivity contribution in [1.82, 2.24) is 9.78 Å². The number of hydrogen-bond donors (Lipinski definition) is 1. The van der Waals surface area contributed by atoms with E-state index in [1.807, 2.05) is 38.1 Å². The molecular formula is C19H19N3O2. The molecule has 0 aliphatic rings. The third kappa shape index (κ3) is 3.06. The van der Waals surface area contributed by atoms with E-state index >= 15 is 0 Å². The summed E-state index contributed by atoms with van der Waals surface area (Å²) in [5.41, 5.74) is 1.91. The Hall–Kier alpha value is -2.95. The van der Waals surface area contributed by atoms with Gasteiger partial charge in [0.1, 0.15) is 0 Å². The number of aryl methyl sites for hydroxylation is 2. The lowest BCUT2D eigenvalue weighted by molar-refractivity contribution is 0.102. The summed E-state index contributed by atoms with van der Waals surface area (Å²) in [5, 5.41) is 8.22. The van der Waals surface area contributed by atoms with Gasteiger partial charge in [0.2, 0.25) is 0 Å². The summed E-state index contributed by atoms with van der Waals surface area (Å²) >= 11 is 0. The summed E-state index contributed by atoms with van der Waals surface area (Å²) in [6.07, 6.45) is 0.768. The molecule has 2 aromatic carbocycles. The Balaban J connectivity index is 2.07. The van der Waals surface area contributed by atoms with Crippen molar-refractivity contribution < 1.29 is 4.79 Å². The van der Waals surface area contributed by atoms with Gasteiger partial charge < -0.3 is 5.32 Å². The van der Waals surface area contributed by atoms with Crippen LogP contribution in [-0.2, 0) is 6.54 Å². The van der Waals surface area contributed by atoms with Crippen LogP contribution in [0.4, 0.5) is 5.69 Å². The van der Waals surface area contributed by atoms with E-state index in [9.17, 15) is 9.59 Å². The van der Waals surface area contributed by atoms with Gasteiger partial charge in [-0.1, -0.05) is 42.8 Å². The van der Waals surface area contributed by atoms with E-state index in [1.54, 1.807) is 24.3 Å². The molecule has 1 amide bonds. The maximum absolute atomic E-state index is 12.7. The van der Waals surface area contributed by atoms with Crippen molar-refractivity contribution in [3.8, 4) is 0 Å². The van der Waals surface area contributed by atoms with Crippen LogP contribution < -0.4 is 10.9 Å². The van der Waals surface area contributed by atoms with Gasteiger partial charge in [-0.05, 0) is 31.5 Å².